The fraction of sp³-hybridized carbons (Fsp3) is 0.889. The first-order valence-electron chi connectivity index (χ1n) is 9.17. The summed E-state index contributed by atoms with van der Waals surface area (Å²) < 4.78 is 0. The van der Waals surface area contributed by atoms with Gasteiger partial charge in [0, 0.05) is 19.6 Å². The van der Waals surface area contributed by atoms with Gasteiger partial charge in [-0.25, -0.2) is 0 Å². The number of carboxylic acid groups (broad SMARTS) is 1. The second kappa shape index (κ2) is 6.80. The van der Waals surface area contributed by atoms with E-state index in [0.29, 0.717) is 32.5 Å². The normalized spacial score (nSPS) is 25.0. The predicted molar refractivity (Wildman–Crippen MR) is 88.1 cm³/mol. The summed E-state index contributed by atoms with van der Waals surface area (Å²) in [4.78, 5) is 27.4. The summed E-state index contributed by atoms with van der Waals surface area (Å²) in [6.07, 6.45) is 9.50. The molecule has 1 N–H and O–H groups in total. The van der Waals surface area contributed by atoms with E-state index in [4.69, 9.17) is 5.11 Å². The third-order valence-electron chi connectivity index (χ3n) is 6.29. The number of piperidine rings is 1. The highest BCUT2D eigenvalue weighted by atomic mass is 16.4. The lowest BCUT2D eigenvalue weighted by atomic mass is 9.79. The number of likely N-dealkylation sites (tertiary alicyclic amines) is 1. The molecule has 1 aliphatic heterocycles. The van der Waals surface area contributed by atoms with Crippen molar-refractivity contribution in [3.63, 3.8) is 0 Å². The maximum absolute atomic E-state index is 12.4. The summed E-state index contributed by atoms with van der Waals surface area (Å²) in [5, 5.41) is 9.02. The van der Waals surface area contributed by atoms with Gasteiger partial charge in [-0.05, 0) is 69.7 Å². The topological polar surface area (TPSA) is 60.9 Å². The van der Waals surface area contributed by atoms with Gasteiger partial charge in [0.1, 0.15) is 0 Å². The van der Waals surface area contributed by atoms with E-state index in [2.05, 4.69) is 4.90 Å². The predicted octanol–water partition coefficient (Wildman–Crippen LogP) is 2.21. The Balaban J connectivity index is 1.37. The lowest BCUT2D eigenvalue weighted by Gasteiger charge is -2.33. The Bertz CT molecular complexity index is 443. The Hall–Kier alpha value is -1.10. The van der Waals surface area contributed by atoms with E-state index in [-0.39, 0.29) is 11.8 Å². The first kappa shape index (κ1) is 16.7. The molecule has 5 nitrogen and oxygen atoms in total. The molecule has 130 valence electrons. The van der Waals surface area contributed by atoms with Crippen LogP contribution in [0.5, 0.6) is 0 Å². The average molecular weight is 322 g/mol. The van der Waals surface area contributed by atoms with E-state index in [1.165, 1.54) is 38.5 Å². The Morgan fingerprint density at radius 1 is 1.09 bits per heavy atom. The number of amides is 1. The lowest BCUT2D eigenvalue weighted by Crippen LogP contribution is -2.45. The van der Waals surface area contributed by atoms with Crippen LogP contribution in [0.15, 0.2) is 0 Å². The van der Waals surface area contributed by atoms with Gasteiger partial charge in [0.05, 0.1) is 12.5 Å². The number of hydrogen-bond acceptors (Lipinski definition) is 3. The van der Waals surface area contributed by atoms with Crippen LogP contribution in [0.1, 0.15) is 51.4 Å². The molecule has 3 fully saturated rings. The quantitative estimate of drug-likeness (QED) is 0.843. The Labute approximate surface area is 139 Å². The molecule has 5 heteroatoms. The molecule has 0 aromatic rings. The zero-order valence-corrected chi connectivity index (χ0v) is 14.3. The van der Waals surface area contributed by atoms with Crippen molar-refractivity contribution < 1.29 is 14.7 Å². The number of carbonyl (C=O) groups is 2. The van der Waals surface area contributed by atoms with Crippen molar-refractivity contribution in [3.8, 4) is 0 Å². The molecule has 1 heterocycles. The molecule has 1 saturated heterocycles. The van der Waals surface area contributed by atoms with Gasteiger partial charge in [-0.1, -0.05) is 0 Å². The molecule has 2 aliphatic carbocycles. The number of likely N-dealkylation sites (N-methyl/N-ethyl adjacent to an activating group) is 1. The molecular formula is C18H30N2O3. The van der Waals surface area contributed by atoms with E-state index >= 15 is 0 Å². The van der Waals surface area contributed by atoms with Crippen LogP contribution < -0.4 is 0 Å². The molecule has 0 aromatic heterocycles. The van der Waals surface area contributed by atoms with Crippen LogP contribution in [-0.4, -0.2) is 60.0 Å². The molecule has 3 aliphatic rings. The van der Waals surface area contributed by atoms with Crippen LogP contribution in [0, 0.1) is 17.3 Å². The first-order valence-corrected chi connectivity index (χ1v) is 9.17. The van der Waals surface area contributed by atoms with Gasteiger partial charge in [-0.2, -0.15) is 0 Å². The largest absolute Gasteiger partial charge is 0.481 e. The van der Waals surface area contributed by atoms with E-state index in [1.807, 2.05) is 11.9 Å². The van der Waals surface area contributed by atoms with E-state index < -0.39 is 5.97 Å². The Kier molecular flexibility index (Phi) is 4.95. The van der Waals surface area contributed by atoms with Crippen LogP contribution in [0.4, 0.5) is 0 Å². The van der Waals surface area contributed by atoms with Gasteiger partial charge in [0.2, 0.25) is 5.91 Å². The van der Waals surface area contributed by atoms with Gasteiger partial charge in [0.15, 0.2) is 0 Å². The highest BCUT2D eigenvalue weighted by Gasteiger charge is 2.44. The summed E-state index contributed by atoms with van der Waals surface area (Å²) in [6, 6.07) is 0. The molecule has 0 unspecified atom stereocenters. The molecule has 1 spiro atoms. The monoisotopic (exact) mass is 322 g/mol. The van der Waals surface area contributed by atoms with Crippen molar-refractivity contribution in [1.29, 1.82) is 0 Å². The first-order chi connectivity index (χ1) is 11.0. The Morgan fingerprint density at radius 2 is 1.70 bits per heavy atom. The minimum absolute atomic E-state index is 0.158. The fourth-order valence-corrected chi connectivity index (χ4v) is 4.36. The zero-order chi connectivity index (χ0) is 16.4. The molecule has 0 aromatic carbocycles. The fourth-order valence-electron chi connectivity index (χ4n) is 4.36. The zero-order valence-electron chi connectivity index (χ0n) is 14.3. The number of hydrogen-bond donors (Lipinski definition) is 1. The van der Waals surface area contributed by atoms with Crippen molar-refractivity contribution in [1.82, 2.24) is 9.80 Å². The molecule has 2 saturated carbocycles. The van der Waals surface area contributed by atoms with Crippen molar-refractivity contribution in [2.45, 2.75) is 51.4 Å². The lowest BCUT2D eigenvalue weighted by molar-refractivity contribution is -0.145. The van der Waals surface area contributed by atoms with E-state index in [9.17, 15) is 9.59 Å². The van der Waals surface area contributed by atoms with Gasteiger partial charge >= 0.3 is 5.97 Å². The number of nitrogens with zero attached hydrogens (tertiary/aromatic N) is 2. The summed E-state index contributed by atoms with van der Waals surface area (Å²) in [5.41, 5.74) is 0.735. The second-order valence-corrected chi connectivity index (χ2v) is 8.13. The van der Waals surface area contributed by atoms with Gasteiger partial charge in [-0.3, -0.25) is 14.5 Å². The number of carbonyl (C=O) groups excluding carboxylic acids is 1. The highest BCUT2D eigenvalue weighted by Crippen LogP contribution is 2.57. The molecule has 0 bridgehead atoms. The number of carboxylic acids is 1. The number of rotatable bonds is 5. The maximum atomic E-state index is 12.4. The van der Waals surface area contributed by atoms with Crippen molar-refractivity contribution in [2.75, 3.05) is 33.2 Å². The van der Waals surface area contributed by atoms with Crippen LogP contribution >= 0.6 is 0 Å². The summed E-state index contributed by atoms with van der Waals surface area (Å²) in [6.45, 7) is 2.68. The third-order valence-corrected chi connectivity index (χ3v) is 6.29. The SMILES string of the molecule is CN(CC(=O)N1CCC(C(=O)O)CC1)CC1CCC2(CC1)CC2. The Morgan fingerprint density at radius 3 is 2.22 bits per heavy atom. The molecule has 0 radical (unpaired) electrons. The summed E-state index contributed by atoms with van der Waals surface area (Å²) >= 11 is 0. The van der Waals surface area contributed by atoms with Crippen LogP contribution in [-0.2, 0) is 9.59 Å². The second-order valence-electron chi connectivity index (χ2n) is 8.13. The van der Waals surface area contributed by atoms with Crippen LogP contribution in [0.2, 0.25) is 0 Å². The van der Waals surface area contributed by atoms with Crippen molar-refractivity contribution >= 4 is 11.9 Å². The van der Waals surface area contributed by atoms with Crippen molar-refractivity contribution in [2.24, 2.45) is 17.3 Å². The molecule has 0 atom stereocenters. The minimum Gasteiger partial charge on any atom is -0.481 e. The van der Waals surface area contributed by atoms with Gasteiger partial charge < -0.3 is 10.0 Å². The summed E-state index contributed by atoms with van der Waals surface area (Å²) in [5.74, 6) is -0.0868. The van der Waals surface area contributed by atoms with Crippen LogP contribution in [0.25, 0.3) is 0 Å². The van der Waals surface area contributed by atoms with E-state index in [1.54, 1.807) is 0 Å². The standard InChI is InChI=1S/C18H30N2O3/c1-19(12-14-2-6-18(7-3-14)8-9-18)13-16(21)20-10-4-15(5-11-20)17(22)23/h14-15H,2-13H2,1H3,(H,22,23). The average Bonchev–Trinajstić information content (AvgIpc) is 3.29. The maximum Gasteiger partial charge on any atom is 0.306 e. The van der Waals surface area contributed by atoms with Crippen LogP contribution in [0.3, 0.4) is 0 Å². The van der Waals surface area contributed by atoms with Gasteiger partial charge in [0.25, 0.3) is 0 Å². The van der Waals surface area contributed by atoms with E-state index in [0.717, 1.165) is 17.9 Å². The van der Waals surface area contributed by atoms with Gasteiger partial charge in [-0.15, -0.1) is 0 Å². The minimum atomic E-state index is -0.722. The number of aliphatic carboxylic acids is 1. The third kappa shape index (κ3) is 4.25. The molecule has 23 heavy (non-hydrogen) atoms. The molecular weight excluding hydrogens is 292 g/mol. The summed E-state index contributed by atoms with van der Waals surface area (Å²) in [7, 11) is 2.05. The highest BCUT2D eigenvalue weighted by molar-refractivity contribution is 5.78. The molecule has 3 rings (SSSR count). The smallest absolute Gasteiger partial charge is 0.306 e. The van der Waals surface area contributed by atoms with Crippen molar-refractivity contribution in [3.05, 3.63) is 0 Å². The molecule has 1 amide bonds.